The van der Waals surface area contributed by atoms with Crippen LogP contribution >= 0.6 is 0 Å². The molecular formula is C19H25NO3S. The first-order valence-electron chi connectivity index (χ1n) is 8.03. The van der Waals surface area contributed by atoms with Crippen molar-refractivity contribution in [2.45, 2.75) is 45.1 Å². The summed E-state index contributed by atoms with van der Waals surface area (Å²) < 4.78 is 33.9. The van der Waals surface area contributed by atoms with Gasteiger partial charge >= 0.3 is 0 Å². The normalized spacial score (nSPS) is 12.9. The van der Waals surface area contributed by atoms with Crippen molar-refractivity contribution in [3.05, 3.63) is 58.7 Å². The van der Waals surface area contributed by atoms with Gasteiger partial charge in [0.2, 0.25) is 10.0 Å². The number of aryl methyl sites for hydroxylation is 3. The van der Waals surface area contributed by atoms with Gasteiger partial charge in [-0.15, -0.1) is 0 Å². The third kappa shape index (κ3) is 3.79. The third-order valence-corrected chi connectivity index (χ3v) is 5.87. The lowest BCUT2D eigenvalue weighted by atomic mass is 10.0. The Morgan fingerprint density at radius 3 is 2.29 bits per heavy atom. The van der Waals surface area contributed by atoms with Crippen LogP contribution in [0.1, 0.15) is 41.6 Å². The van der Waals surface area contributed by atoms with Gasteiger partial charge in [0.15, 0.2) is 0 Å². The zero-order chi connectivity index (χ0) is 17.9. The smallest absolute Gasteiger partial charge is 0.241 e. The second-order valence-corrected chi connectivity index (χ2v) is 7.71. The number of ether oxygens (including phenoxy) is 1. The van der Waals surface area contributed by atoms with Crippen LogP contribution in [0.15, 0.2) is 41.3 Å². The van der Waals surface area contributed by atoms with Crippen LogP contribution in [0.4, 0.5) is 0 Å². The molecule has 0 aliphatic heterocycles. The molecule has 4 nitrogen and oxygen atoms in total. The molecule has 24 heavy (non-hydrogen) atoms. The minimum Gasteiger partial charge on any atom is -0.496 e. The molecule has 0 saturated carbocycles. The number of rotatable bonds is 6. The van der Waals surface area contributed by atoms with Gasteiger partial charge in [0, 0.05) is 6.04 Å². The van der Waals surface area contributed by atoms with E-state index in [1.807, 2.05) is 45.0 Å². The topological polar surface area (TPSA) is 55.4 Å². The van der Waals surface area contributed by atoms with Crippen LogP contribution in [0.25, 0.3) is 0 Å². The van der Waals surface area contributed by atoms with Crippen LogP contribution in [0.3, 0.4) is 0 Å². The summed E-state index contributed by atoms with van der Waals surface area (Å²) in [5, 5.41) is 0. The zero-order valence-corrected chi connectivity index (χ0v) is 15.7. The fourth-order valence-corrected chi connectivity index (χ4v) is 4.48. The first-order chi connectivity index (χ1) is 11.3. The Hall–Kier alpha value is -1.85. The molecule has 130 valence electrons. The van der Waals surface area contributed by atoms with Crippen molar-refractivity contribution in [3.63, 3.8) is 0 Å². The maximum atomic E-state index is 12.9. The average Bonchev–Trinajstić information content (AvgIpc) is 2.55. The molecule has 0 aromatic heterocycles. The summed E-state index contributed by atoms with van der Waals surface area (Å²) in [5.74, 6) is 0.692. The number of hydrogen-bond donors (Lipinski definition) is 1. The molecule has 0 radical (unpaired) electrons. The summed E-state index contributed by atoms with van der Waals surface area (Å²) in [5.41, 5.74) is 3.55. The summed E-state index contributed by atoms with van der Waals surface area (Å²) in [6, 6.07) is 11.0. The number of hydrogen-bond acceptors (Lipinski definition) is 3. The molecule has 0 saturated heterocycles. The Balaban J connectivity index is 2.41. The minimum absolute atomic E-state index is 0.252. The van der Waals surface area contributed by atoms with Crippen molar-refractivity contribution in [1.29, 1.82) is 0 Å². The van der Waals surface area contributed by atoms with Crippen LogP contribution in [-0.4, -0.2) is 15.5 Å². The van der Waals surface area contributed by atoms with Crippen LogP contribution in [-0.2, 0) is 10.0 Å². The molecule has 0 aliphatic carbocycles. The Labute approximate surface area is 144 Å². The molecular weight excluding hydrogens is 322 g/mol. The second-order valence-electron chi connectivity index (χ2n) is 6.03. The van der Waals surface area contributed by atoms with Gasteiger partial charge in [0.25, 0.3) is 0 Å². The molecule has 0 aliphatic rings. The highest BCUT2D eigenvalue weighted by atomic mass is 32.2. The van der Waals surface area contributed by atoms with Crippen molar-refractivity contribution in [3.8, 4) is 5.75 Å². The fraction of sp³-hybridized carbons (Fsp3) is 0.368. The molecule has 1 unspecified atom stereocenters. The third-order valence-electron chi connectivity index (χ3n) is 4.25. The van der Waals surface area contributed by atoms with Crippen LogP contribution in [0, 0.1) is 20.8 Å². The van der Waals surface area contributed by atoms with Gasteiger partial charge in [-0.05, 0) is 61.6 Å². The van der Waals surface area contributed by atoms with E-state index < -0.39 is 10.0 Å². The van der Waals surface area contributed by atoms with Gasteiger partial charge in [0.05, 0.1) is 12.0 Å². The zero-order valence-electron chi connectivity index (χ0n) is 14.9. The highest BCUT2D eigenvalue weighted by molar-refractivity contribution is 7.89. The maximum Gasteiger partial charge on any atom is 0.241 e. The van der Waals surface area contributed by atoms with E-state index in [-0.39, 0.29) is 6.04 Å². The molecule has 0 bridgehead atoms. The predicted molar refractivity (Wildman–Crippen MR) is 97.0 cm³/mol. The first kappa shape index (κ1) is 18.5. The Kier molecular flexibility index (Phi) is 5.67. The van der Waals surface area contributed by atoms with Gasteiger partial charge in [0.1, 0.15) is 5.75 Å². The average molecular weight is 347 g/mol. The Morgan fingerprint density at radius 1 is 1.04 bits per heavy atom. The molecule has 2 aromatic rings. The van der Waals surface area contributed by atoms with Gasteiger partial charge in [-0.25, -0.2) is 13.1 Å². The van der Waals surface area contributed by atoms with Gasteiger partial charge in [-0.3, -0.25) is 0 Å². The van der Waals surface area contributed by atoms with Gasteiger partial charge < -0.3 is 4.74 Å². The quantitative estimate of drug-likeness (QED) is 0.858. The summed E-state index contributed by atoms with van der Waals surface area (Å²) in [7, 11) is -2.04. The van der Waals surface area contributed by atoms with Crippen molar-refractivity contribution < 1.29 is 13.2 Å². The molecule has 1 N–H and O–H groups in total. The van der Waals surface area contributed by atoms with Crippen molar-refractivity contribution in [2.75, 3.05) is 7.11 Å². The maximum absolute atomic E-state index is 12.9. The second kappa shape index (κ2) is 7.36. The molecule has 0 spiro atoms. The number of methoxy groups -OCH3 is 1. The standard InChI is InChI=1S/C19H25NO3S/c1-6-17(16-10-8-7-9-13(16)2)20-24(21,22)19-12-14(3)18(23-5)11-15(19)4/h7-12,17,20H,6H2,1-5H3. The Morgan fingerprint density at radius 2 is 1.71 bits per heavy atom. The molecule has 0 heterocycles. The molecule has 2 rings (SSSR count). The van der Waals surface area contributed by atoms with E-state index >= 15 is 0 Å². The SMILES string of the molecule is CCC(NS(=O)(=O)c1cc(C)c(OC)cc1C)c1ccccc1C. The highest BCUT2D eigenvalue weighted by Gasteiger charge is 2.23. The van der Waals surface area contributed by atoms with Crippen LogP contribution in [0.2, 0.25) is 0 Å². The van der Waals surface area contributed by atoms with Crippen molar-refractivity contribution in [2.24, 2.45) is 0 Å². The molecule has 2 aromatic carbocycles. The van der Waals surface area contributed by atoms with Crippen molar-refractivity contribution >= 4 is 10.0 Å². The minimum atomic E-state index is -3.62. The molecule has 1 atom stereocenters. The highest BCUT2D eigenvalue weighted by Crippen LogP contribution is 2.28. The van der Waals surface area contributed by atoms with Crippen LogP contribution in [0.5, 0.6) is 5.75 Å². The largest absolute Gasteiger partial charge is 0.496 e. The Bertz CT molecular complexity index is 829. The lowest BCUT2D eigenvalue weighted by Crippen LogP contribution is -2.29. The summed E-state index contributed by atoms with van der Waals surface area (Å²) in [4.78, 5) is 0.299. The van der Waals surface area contributed by atoms with E-state index in [0.717, 1.165) is 16.7 Å². The van der Waals surface area contributed by atoms with E-state index in [2.05, 4.69) is 4.72 Å². The summed E-state index contributed by atoms with van der Waals surface area (Å²) >= 11 is 0. The fourth-order valence-electron chi connectivity index (χ4n) is 2.87. The first-order valence-corrected chi connectivity index (χ1v) is 9.51. The molecule has 0 fully saturated rings. The van der Waals surface area contributed by atoms with Gasteiger partial charge in [-0.2, -0.15) is 0 Å². The van der Waals surface area contributed by atoms with Crippen molar-refractivity contribution in [1.82, 2.24) is 4.72 Å². The number of nitrogens with one attached hydrogen (secondary N) is 1. The predicted octanol–water partition coefficient (Wildman–Crippen LogP) is 4.05. The molecule has 5 heteroatoms. The van der Waals surface area contributed by atoms with E-state index in [1.165, 1.54) is 0 Å². The summed E-state index contributed by atoms with van der Waals surface area (Å²) in [6.07, 6.45) is 0.679. The lowest BCUT2D eigenvalue weighted by molar-refractivity contribution is 0.411. The van der Waals surface area contributed by atoms with E-state index in [9.17, 15) is 8.42 Å². The summed E-state index contributed by atoms with van der Waals surface area (Å²) in [6.45, 7) is 7.60. The van der Waals surface area contributed by atoms with E-state index in [0.29, 0.717) is 22.6 Å². The number of benzene rings is 2. The van der Waals surface area contributed by atoms with Crippen LogP contribution < -0.4 is 9.46 Å². The monoisotopic (exact) mass is 347 g/mol. The molecule has 0 amide bonds. The number of sulfonamides is 1. The van der Waals surface area contributed by atoms with Gasteiger partial charge in [-0.1, -0.05) is 31.2 Å². The van der Waals surface area contributed by atoms with E-state index in [1.54, 1.807) is 26.2 Å². The lowest BCUT2D eigenvalue weighted by Gasteiger charge is -2.21. The van der Waals surface area contributed by atoms with E-state index in [4.69, 9.17) is 4.74 Å².